The third kappa shape index (κ3) is 5.53. The van der Waals surface area contributed by atoms with Gasteiger partial charge >= 0.3 is 0 Å². The summed E-state index contributed by atoms with van der Waals surface area (Å²) in [5.41, 5.74) is 0.388. The van der Waals surface area contributed by atoms with Gasteiger partial charge in [-0.3, -0.25) is 0 Å². The van der Waals surface area contributed by atoms with Crippen molar-refractivity contribution in [3.8, 4) is 0 Å². The zero-order valence-electron chi connectivity index (χ0n) is 10.6. The molecule has 0 saturated heterocycles. The fraction of sp³-hybridized carbons (Fsp3) is 1.00. The highest BCUT2D eigenvalue weighted by Gasteiger charge is 2.25. The van der Waals surface area contributed by atoms with Gasteiger partial charge in [-0.15, -0.1) is 0 Å². The first-order chi connectivity index (χ1) is 7.12. The average Bonchev–Trinajstić information content (AvgIpc) is 2.17. The monoisotopic (exact) mass is 213 g/mol. The normalized spacial score (nSPS) is 20.8. The van der Waals surface area contributed by atoms with E-state index in [4.69, 9.17) is 4.74 Å². The van der Waals surface area contributed by atoms with Crippen LogP contribution < -0.4 is 5.32 Å². The van der Waals surface area contributed by atoms with Gasteiger partial charge in [0.1, 0.15) is 0 Å². The highest BCUT2D eigenvalue weighted by Crippen LogP contribution is 2.27. The molecule has 0 aliphatic heterocycles. The van der Waals surface area contributed by atoms with Gasteiger partial charge in [0, 0.05) is 18.7 Å². The number of hydrogen-bond donors (Lipinski definition) is 1. The molecule has 1 N–H and O–H groups in total. The maximum atomic E-state index is 5.57. The summed E-state index contributed by atoms with van der Waals surface area (Å²) in [6, 6.07) is 0. The van der Waals surface area contributed by atoms with E-state index in [2.05, 4.69) is 26.1 Å². The van der Waals surface area contributed by atoms with Gasteiger partial charge in [-0.2, -0.15) is 0 Å². The van der Waals surface area contributed by atoms with Gasteiger partial charge in [-0.25, -0.2) is 0 Å². The second-order valence-corrected chi connectivity index (χ2v) is 5.52. The third-order valence-corrected chi connectivity index (χ3v) is 3.21. The SMILES string of the molecule is CC(C)COCCNC1(C)CCCCC1. The summed E-state index contributed by atoms with van der Waals surface area (Å²) in [5.74, 6) is 0.648. The van der Waals surface area contributed by atoms with Gasteiger partial charge in [0.15, 0.2) is 0 Å². The highest BCUT2D eigenvalue weighted by atomic mass is 16.5. The van der Waals surface area contributed by atoms with E-state index in [0.29, 0.717) is 11.5 Å². The second kappa shape index (κ2) is 6.49. The molecule has 0 amide bonds. The minimum absolute atomic E-state index is 0.388. The maximum Gasteiger partial charge on any atom is 0.0591 e. The molecule has 2 nitrogen and oxygen atoms in total. The van der Waals surface area contributed by atoms with Crippen molar-refractivity contribution in [2.24, 2.45) is 5.92 Å². The van der Waals surface area contributed by atoms with Crippen molar-refractivity contribution in [3.05, 3.63) is 0 Å². The lowest BCUT2D eigenvalue weighted by Gasteiger charge is -2.34. The van der Waals surface area contributed by atoms with E-state index in [1.165, 1.54) is 32.1 Å². The largest absolute Gasteiger partial charge is 0.380 e. The van der Waals surface area contributed by atoms with Gasteiger partial charge < -0.3 is 10.1 Å². The van der Waals surface area contributed by atoms with Crippen LogP contribution in [0.15, 0.2) is 0 Å². The van der Waals surface area contributed by atoms with Crippen molar-refractivity contribution in [3.63, 3.8) is 0 Å². The molecule has 0 heterocycles. The molecule has 1 aliphatic carbocycles. The molecule has 0 radical (unpaired) electrons. The van der Waals surface area contributed by atoms with Crippen LogP contribution in [0.5, 0.6) is 0 Å². The average molecular weight is 213 g/mol. The second-order valence-electron chi connectivity index (χ2n) is 5.52. The van der Waals surface area contributed by atoms with Crippen molar-refractivity contribution >= 4 is 0 Å². The third-order valence-electron chi connectivity index (χ3n) is 3.21. The molecule has 0 unspecified atom stereocenters. The Morgan fingerprint density at radius 1 is 1.20 bits per heavy atom. The number of rotatable bonds is 6. The molecule has 0 aromatic rings. The minimum atomic E-state index is 0.388. The predicted molar refractivity (Wildman–Crippen MR) is 65.1 cm³/mol. The molecule has 1 aliphatic rings. The molecular formula is C13H27NO. The van der Waals surface area contributed by atoms with Crippen LogP contribution in [0.4, 0.5) is 0 Å². The summed E-state index contributed by atoms with van der Waals surface area (Å²) >= 11 is 0. The smallest absolute Gasteiger partial charge is 0.0591 e. The minimum Gasteiger partial charge on any atom is -0.380 e. The topological polar surface area (TPSA) is 21.3 Å². The molecule has 0 spiro atoms. The molecule has 1 fully saturated rings. The first-order valence-electron chi connectivity index (χ1n) is 6.45. The number of ether oxygens (including phenoxy) is 1. The Hall–Kier alpha value is -0.0800. The van der Waals surface area contributed by atoms with Crippen LogP contribution in [-0.2, 0) is 4.74 Å². The quantitative estimate of drug-likeness (QED) is 0.685. The Morgan fingerprint density at radius 3 is 2.47 bits per heavy atom. The Balaban J connectivity index is 2.03. The Kier molecular flexibility index (Phi) is 5.62. The number of nitrogens with one attached hydrogen (secondary N) is 1. The molecule has 0 bridgehead atoms. The lowest BCUT2D eigenvalue weighted by Crippen LogP contribution is -2.45. The highest BCUT2D eigenvalue weighted by molar-refractivity contribution is 4.85. The van der Waals surface area contributed by atoms with E-state index in [1.807, 2.05) is 0 Å². The zero-order valence-corrected chi connectivity index (χ0v) is 10.6. The first-order valence-corrected chi connectivity index (χ1v) is 6.45. The van der Waals surface area contributed by atoms with Gasteiger partial charge in [0.2, 0.25) is 0 Å². The predicted octanol–water partition coefficient (Wildman–Crippen LogP) is 2.97. The van der Waals surface area contributed by atoms with Crippen LogP contribution in [0, 0.1) is 5.92 Å². The molecule has 2 heteroatoms. The zero-order chi connectivity index (χ0) is 11.1. The summed E-state index contributed by atoms with van der Waals surface area (Å²) in [4.78, 5) is 0. The number of hydrogen-bond acceptors (Lipinski definition) is 2. The maximum absolute atomic E-state index is 5.57. The summed E-state index contributed by atoms with van der Waals surface area (Å²) in [6.45, 7) is 9.48. The molecule has 1 rings (SSSR count). The molecule has 15 heavy (non-hydrogen) atoms. The van der Waals surface area contributed by atoms with Crippen molar-refractivity contribution in [2.75, 3.05) is 19.8 Å². The molecular weight excluding hydrogens is 186 g/mol. The molecule has 1 saturated carbocycles. The Bertz CT molecular complexity index is 162. The van der Waals surface area contributed by atoms with Crippen molar-refractivity contribution < 1.29 is 4.74 Å². The van der Waals surface area contributed by atoms with Crippen LogP contribution in [0.2, 0.25) is 0 Å². The first kappa shape index (κ1) is 13.0. The fourth-order valence-electron chi connectivity index (χ4n) is 2.25. The van der Waals surface area contributed by atoms with Gasteiger partial charge in [0.05, 0.1) is 6.61 Å². The summed E-state index contributed by atoms with van der Waals surface area (Å²) in [6.07, 6.45) is 6.85. The lowest BCUT2D eigenvalue weighted by molar-refractivity contribution is 0.103. The van der Waals surface area contributed by atoms with Crippen LogP contribution in [0.1, 0.15) is 52.9 Å². The molecule has 0 atom stereocenters. The van der Waals surface area contributed by atoms with Gasteiger partial charge in [-0.1, -0.05) is 33.1 Å². The van der Waals surface area contributed by atoms with Crippen LogP contribution in [-0.4, -0.2) is 25.3 Å². The van der Waals surface area contributed by atoms with Gasteiger partial charge in [-0.05, 0) is 25.7 Å². The molecule has 90 valence electrons. The fourth-order valence-corrected chi connectivity index (χ4v) is 2.25. The standard InChI is InChI=1S/C13H27NO/c1-12(2)11-15-10-9-14-13(3)7-5-4-6-8-13/h12,14H,4-11H2,1-3H3. The Labute approximate surface area is 94.8 Å². The van der Waals surface area contributed by atoms with Crippen molar-refractivity contribution in [1.29, 1.82) is 0 Å². The van der Waals surface area contributed by atoms with E-state index < -0.39 is 0 Å². The Morgan fingerprint density at radius 2 is 1.87 bits per heavy atom. The summed E-state index contributed by atoms with van der Waals surface area (Å²) in [5, 5.41) is 3.65. The van der Waals surface area contributed by atoms with Gasteiger partial charge in [0.25, 0.3) is 0 Å². The van der Waals surface area contributed by atoms with Crippen molar-refractivity contribution in [1.82, 2.24) is 5.32 Å². The van der Waals surface area contributed by atoms with E-state index in [0.717, 1.165) is 19.8 Å². The molecule has 0 aromatic heterocycles. The van der Waals surface area contributed by atoms with Crippen LogP contribution >= 0.6 is 0 Å². The van der Waals surface area contributed by atoms with Crippen LogP contribution in [0.25, 0.3) is 0 Å². The van der Waals surface area contributed by atoms with Crippen LogP contribution in [0.3, 0.4) is 0 Å². The van der Waals surface area contributed by atoms with E-state index in [9.17, 15) is 0 Å². The molecule has 0 aromatic carbocycles. The summed E-state index contributed by atoms with van der Waals surface area (Å²) < 4.78 is 5.57. The summed E-state index contributed by atoms with van der Waals surface area (Å²) in [7, 11) is 0. The lowest BCUT2D eigenvalue weighted by atomic mass is 9.83. The van der Waals surface area contributed by atoms with Crippen molar-refractivity contribution in [2.45, 2.75) is 58.4 Å². The van der Waals surface area contributed by atoms with E-state index in [1.54, 1.807) is 0 Å². The van der Waals surface area contributed by atoms with E-state index >= 15 is 0 Å². The van der Waals surface area contributed by atoms with E-state index in [-0.39, 0.29) is 0 Å².